The van der Waals surface area contributed by atoms with Crippen molar-refractivity contribution in [2.45, 2.75) is 32.3 Å². The molecule has 0 atom stereocenters. The van der Waals surface area contributed by atoms with Crippen molar-refractivity contribution >= 4 is 22.6 Å². The Morgan fingerprint density at radius 1 is 1.10 bits per heavy atom. The van der Waals surface area contributed by atoms with Gasteiger partial charge in [-0.1, -0.05) is 24.3 Å². The lowest BCUT2D eigenvalue weighted by atomic mass is 9.97. The van der Waals surface area contributed by atoms with Gasteiger partial charge in [0, 0.05) is 55.1 Å². The van der Waals surface area contributed by atoms with Crippen LogP contribution in [-0.2, 0) is 10.4 Å². The standard InChI is InChI=1S/C24H28N4O2/c1-24(2,30)18-7-5-16(6-8-18)20-15-19-21(9-10-25-22(19)26-20)27-11-13-28(14-12-27)23(29)17-3-4-17/h5-10,15,17,30H,3-4,11-14H2,1-2H3,(H,25,26). The third-order valence-electron chi connectivity index (χ3n) is 6.27. The summed E-state index contributed by atoms with van der Waals surface area (Å²) < 4.78 is 0. The minimum Gasteiger partial charge on any atom is -0.386 e. The normalized spacial score (nSPS) is 17.6. The highest BCUT2D eigenvalue weighted by Gasteiger charge is 2.34. The number of rotatable bonds is 4. The smallest absolute Gasteiger partial charge is 0.225 e. The number of carbonyl (C=O) groups excluding carboxylic acids is 1. The molecule has 156 valence electrons. The number of carbonyl (C=O) groups is 1. The van der Waals surface area contributed by atoms with Crippen LogP contribution in [0.25, 0.3) is 22.3 Å². The van der Waals surface area contributed by atoms with E-state index < -0.39 is 5.60 Å². The molecular formula is C24H28N4O2. The molecule has 3 heterocycles. The first kappa shape index (κ1) is 19.1. The largest absolute Gasteiger partial charge is 0.386 e. The molecule has 1 saturated carbocycles. The molecule has 1 amide bonds. The van der Waals surface area contributed by atoms with Gasteiger partial charge in [0.05, 0.1) is 5.60 Å². The predicted molar refractivity (Wildman–Crippen MR) is 118 cm³/mol. The summed E-state index contributed by atoms with van der Waals surface area (Å²) in [5.74, 6) is 0.632. The summed E-state index contributed by atoms with van der Waals surface area (Å²) in [6.07, 6.45) is 3.97. The van der Waals surface area contributed by atoms with Crippen LogP contribution in [0.4, 0.5) is 5.69 Å². The van der Waals surface area contributed by atoms with Crippen LogP contribution < -0.4 is 4.90 Å². The van der Waals surface area contributed by atoms with Gasteiger partial charge >= 0.3 is 0 Å². The van der Waals surface area contributed by atoms with Gasteiger partial charge in [0.1, 0.15) is 5.65 Å². The number of anilines is 1. The molecule has 2 aliphatic rings. The molecule has 3 aromatic rings. The zero-order valence-electron chi connectivity index (χ0n) is 17.6. The molecule has 30 heavy (non-hydrogen) atoms. The summed E-state index contributed by atoms with van der Waals surface area (Å²) >= 11 is 0. The van der Waals surface area contributed by atoms with Gasteiger partial charge in [-0.05, 0) is 49.9 Å². The molecule has 1 aromatic carbocycles. The highest BCUT2D eigenvalue weighted by atomic mass is 16.3. The number of aromatic nitrogens is 2. The number of piperazine rings is 1. The minimum atomic E-state index is -0.850. The molecule has 6 nitrogen and oxygen atoms in total. The third-order valence-corrected chi connectivity index (χ3v) is 6.27. The van der Waals surface area contributed by atoms with Crippen molar-refractivity contribution in [2.24, 2.45) is 5.92 Å². The Bertz CT molecular complexity index is 1070. The molecule has 6 heteroatoms. The number of H-pyrrole nitrogens is 1. The SMILES string of the molecule is CC(C)(O)c1ccc(-c2cc3c(N4CCN(C(=O)C5CC5)CC4)ccnc3[nH]2)cc1. The minimum absolute atomic E-state index is 0.291. The summed E-state index contributed by atoms with van der Waals surface area (Å²) in [4.78, 5) is 24.7. The fourth-order valence-corrected chi connectivity index (χ4v) is 4.26. The second kappa shape index (κ2) is 7.13. The summed E-state index contributed by atoms with van der Waals surface area (Å²) in [6.45, 7) is 6.85. The number of hydrogen-bond donors (Lipinski definition) is 2. The summed E-state index contributed by atoms with van der Waals surface area (Å²) in [5.41, 5.74) is 4.14. The van der Waals surface area contributed by atoms with E-state index in [4.69, 9.17) is 0 Å². The molecule has 0 spiro atoms. The van der Waals surface area contributed by atoms with Crippen LogP contribution in [0, 0.1) is 5.92 Å². The molecule has 2 aromatic heterocycles. The highest BCUT2D eigenvalue weighted by Crippen LogP contribution is 2.33. The van der Waals surface area contributed by atoms with Gasteiger partial charge in [0.15, 0.2) is 0 Å². The van der Waals surface area contributed by atoms with E-state index in [1.807, 2.05) is 35.4 Å². The Morgan fingerprint density at radius 2 is 1.80 bits per heavy atom. The first-order chi connectivity index (χ1) is 14.4. The van der Waals surface area contributed by atoms with Gasteiger partial charge in [0.2, 0.25) is 5.91 Å². The van der Waals surface area contributed by atoms with Crippen molar-refractivity contribution in [1.29, 1.82) is 0 Å². The monoisotopic (exact) mass is 404 g/mol. The van der Waals surface area contributed by atoms with Gasteiger partial charge < -0.3 is 19.9 Å². The molecule has 0 radical (unpaired) electrons. The second-order valence-electron chi connectivity index (χ2n) is 9.00. The van der Waals surface area contributed by atoms with Crippen LogP contribution in [0.5, 0.6) is 0 Å². The van der Waals surface area contributed by atoms with Crippen molar-refractivity contribution in [2.75, 3.05) is 31.1 Å². The lowest BCUT2D eigenvalue weighted by Gasteiger charge is -2.36. The van der Waals surface area contributed by atoms with Gasteiger partial charge in [-0.3, -0.25) is 4.79 Å². The first-order valence-corrected chi connectivity index (χ1v) is 10.7. The molecule has 2 fully saturated rings. The first-order valence-electron chi connectivity index (χ1n) is 10.7. The second-order valence-corrected chi connectivity index (χ2v) is 9.00. The Hall–Kier alpha value is -2.86. The van der Waals surface area contributed by atoms with Crippen molar-refractivity contribution in [3.05, 3.63) is 48.2 Å². The lowest BCUT2D eigenvalue weighted by molar-refractivity contribution is -0.132. The molecule has 1 aliphatic carbocycles. The predicted octanol–water partition coefficient (Wildman–Crippen LogP) is 3.52. The van der Waals surface area contributed by atoms with E-state index in [2.05, 4.69) is 27.0 Å². The maximum absolute atomic E-state index is 12.3. The van der Waals surface area contributed by atoms with Crippen LogP contribution in [0.2, 0.25) is 0 Å². The van der Waals surface area contributed by atoms with Crippen LogP contribution in [0.15, 0.2) is 42.6 Å². The molecule has 0 unspecified atom stereocenters. The average molecular weight is 405 g/mol. The molecule has 2 N–H and O–H groups in total. The van der Waals surface area contributed by atoms with E-state index in [0.717, 1.165) is 72.6 Å². The van der Waals surface area contributed by atoms with E-state index >= 15 is 0 Å². The number of aliphatic hydroxyl groups is 1. The number of hydrogen-bond acceptors (Lipinski definition) is 4. The van der Waals surface area contributed by atoms with Gasteiger partial charge in [0.25, 0.3) is 0 Å². The number of fused-ring (bicyclic) bond motifs is 1. The van der Waals surface area contributed by atoms with Crippen molar-refractivity contribution in [1.82, 2.24) is 14.9 Å². The van der Waals surface area contributed by atoms with Crippen molar-refractivity contribution < 1.29 is 9.90 Å². The number of amides is 1. The third kappa shape index (κ3) is 3.56. The lowest BCUT2D eigenvalue weighted by Crippen LogP contribution is -2.49. The van der Waals surface area contributed by atoms with Crippen molar-refractivity contribution in [3.63, 3.8) is 0 Å². The maximum atomic E-state index is 12.3. The molecule has 0 bridgehead atoms. The van der Waals surface area contributed by atoms with Gasteiger partial charge in [-0.2, -0.15) is 0 Å². The number of nitrogens with zero attached hydrogens (tertiary/aromatic N) is 3. The Labute approximate surface area is 176 Å². The number of aromatic amines is 1. The number of nitrogens with one attached hydrogen (secondary N) is 1. The summed E-state index contributed by atoms with van der Waals surface area (Å²) in [7, 11) is 0. The molecule has 1 saturated heterocycles. The van der Waals surface area contributed by atoms with E-state index in [-0.39, 0.29) is 0 Å². The quantitative estimate of drug-likeness (QED) is 0.698. The van der Waals surface area contributed by atoms with Crippen molar-refractivity contribution in [3.8, 4) is 11.3 Å². The zero-order chi connectivity index (χ0) is 20.9. The van der Waals surface area contributed by atoms with E-state index in [1.54, 1.807) is 13.8 Å². The Kier molecular flexibility index (Phi) is 4.54. The van der Waals surface area contributed by atoms with Crippen LogP contribution in [0.3, 0.4) is 0 Å². The molecule has 5 rings (SSSR count). The Morgan fingerprint density at radius 3 is 2.43 bits per heavy atom. The zero-order valence-corrected chi connectivity index (χ0v) is 17.6. The van der Waals surface area contributed by atoms with Crippen LogP contribution in [-0.4, -0.2) is 52.1 Å². The summed E-state index contributed by atoms with van der Waals surface area (Å²) in [5, 5.41) is 11.3. The van der Waals surface area contributed by atoms with E-state index in [0.29, 0.717) is 11.8 Å². The Balaban J connectivity index is 1.38. The van der Waals surface area contributed by atoms with E-state index in [9.17, 15) is 9.90 Å². The molecular weight excluding hydrogens is 376 g/mol. The fraction of sp³-hybridized carbons (Fsp3) is 0.417. The number of benzene rings is 1. The molecule has 1 aliphatic heterocycles. The highest BCUT2D eigenvalue weighted by molar-refractivity contribution is 5.94. The van der Waals surface area contributed by atoms with Crippen LogP contribution >= 0.6 is 0 Å². The fourth-order valence-electron chi connectivity index (χ4n) is 4.26. The van der Waals surface area contributed by atoms with E-state index in [1.165, 1.54) is 0 Å². The van der Waals surface area contributed by atoms with Gasteiger partial charge in [-0.15, -0.1) is 0 Å². The van der Waals surface area contributed by atoms with Crippen LogP contribution in [0.1, 0.15) is 32.3 Å². The summed E-state index contributed by atoms with van der Waals surface area (Å²) in [6, 6.07) is 12.2. The van der Waals surface area contributed by atoms with Gasteiger partial charge in [-0.25, -0.2) is 4.98 Å². The topological polar surface area (TPSA) is 72.5 Å². The number of pyridine rings is 1. The average Bonchev–Trinajstić information content (AvgIpc) is 3.50. The maximum Gasteiger partial charge on any atom is 0.225 e.